The molecule has 0 heterocycles. The summed E-state index contributed by atoms with van der Waals surface area (Å²) in [5.74, 6) is -1.15. The lowest BCUT2D eigenvalue weighted by atomic mass is 10.1. The van der Waals surface area contributed by atoms with Gasteiger partial charge in [0.05, 0.1) is 0 Å². The number of rotatable bonds is 3. The van der Waals surface area contributed by atoms with E-state index in [1.807, 2.05) is 0 Å². The molecule has 6 heteroatoms. The summed E-state index contributed by atoms with van der Waals surface area (Å²) >= 11 is 5.86. The van der Waals surface area contributed by atoms with Gasteiger partial charge >= 0.3 is 12.1 Å². The molecule has 0 fully saturated rings. The molecule has 0 radical (unpaired) electrons. The summed E-state index contributed by atoms with van der Waals surface area (Å²) in [6.07, 6.45) is -0.704. The maximum absolute atomic E-state index is 12.0. The van der Waals surface area contributed by atoms with Crippen LogP contribution in [0.1, 0.15) is 32.4 Å². The first-order valence-corrected chi connectivity index (χ1v) is 6.43. The van der Waals surface area contributed by atoms with Gasteiger partial charge in [0.25, 0.3) is 0 Å². The van der Waals surface area contributed by atoms with Gasteiger partial charge in [0.2, 0.25) is 0 Å². The monoisotopic (exact) mass is 299 g/mol. The van der Waals surface area contributed by atoms with Crippen molar-refractivity contribution in [2.24, 2.45) is 0 Å². The average Bonchev–Trinajstić information content (AvgIpc) is 2.26. The number of carbonyl (C=O) groups excluding carboxylic acids is 1. The Labute approximate surface area is 123 Å². The van der Waals surface area contributed by atoms with Gasteiger partial charge in [0.15, 0.2) is 6.04 Å². The third kappa shape index (κ3) is 4.42. The molecular formula is C14H18ClNO4. The molecule has 1 unspecified atom stereocenters. The highest BCUT2D eigenvalue weighted by Gasteiger charge is 2.31. The highest BCUT2D eigenvalue weighted by molar-refractivity contribution is 6.30. The van der Waals surface area contributed by atoms with Gasteiger partial charge in [-0.2, -0.15) is 0 Å². The summed E-state index contributed by atoms with van der Waals surface area (Å²) in [4.78, 5) is 24.4. The SMILES string of the molecule is CN(C(=O)OC(C)(C)C)C(C(=O)O)c1cccc(Cl)c1. The van der Waals surface area contributed by atoms with E-state index in [1.165, 1.54) is 13.1 Å². The van der Waals surface area contributed by atoms with E-state index in [0.717, 1.165) is 4.90 Å². The van der Waals surface area contributed by atoms with Gasteiger partial charge in [-0.3, -0.25) is 4.90 Å². The van der Waals surface area contributed by atoms with Crippen LogP contribution in [0.3, 0.4) is 0 Å². The van der Waals surface area contributed by atoms with E-state index in [1.54, 1.807) is 39.0 Å². The van der Waals surface area contributed by atoms with Crippen molar-refractivity contribution >= 4 is 23.7 Å². The lowest BCUT2D eigenvalue weighted by molar-refractivity contribution is -0.142. The lowest BCUT2D eigenvalue weighted by Crippen LogP contribution is -2.39. The third-order valence-electron chi connectivity index (χ3n) is 2.47. The van der Waals surface area contributed by atoms with E-state index in [2.05, 4.69) is 0 Å². The fourth-order valence-electron chi connectivity index (χ4n) is 1.65. The second kappa shape index (κ2) is 6.13. The zero-order valence-electron chi connectivity index (χ0n) is 11.9. The molecule has 0 aliphatic carbocycles. The van der Waals surface area contributed by atoms with Gasteiger partial charge in [-0.25, -0.2) is 9.59 Å². The number of benzene rings is 1. The molecule has 0 aliphatic rings. The third-order valence-corrected chi connectivity index (χ3v) is 2.70. The largest absolute Gasteiger partial charge is 0.479 e. The molecule has 1 amide bonds. The molecule has 0 aromatic heterocycles. The molecule has 0 saturated carbocycles. The Hall–Kier alpha value is -1.75. The van der Waals surface area contributed by atoms with Gasteiger partial charge in [0, 0.05) is 12.1 Å². The van der Waals surface area contributed by atoms with Gasteiger partial charge in [-0.15, -0.1) is 0 Å². The van der Waals surface area contributed by atoms with Crippen LogP contribution in [-0.4, -0.2) is 34.7 Å². The van der Waals surface area contributed by atoms with E-state index in [9.17, 15) is 14.7 Å². The molecule has 0 aliphatic heterocycles. The number of nitrogens with zero attached hydrogens (tertiary/aromatic N) is 1. The molecule has 1 aromatic rings. The number of amides is 1. The Balaban J connectivity index is 3.03. The fraction of sp³-hybridized carbons (Fsp3) is 0.429. The van der Waals surface area contributed by atoms with Crippen LogP contribution >= 0.6 is 11.6 Å². The number of carbonyl (C=O) groups is 2. The maximum Gasteiger partial charge on any atom is 0.411 e. The van der Waals surface area contributed by atoms with E-state index < -0.39 is 23.7 Å². The minimum atomic E-state index is -1.15. The molecule has 1 aromatic carbocycles. The number of hydrogen-bond donors (Lipinski definition) is 1. The smallest absolute Gasteiger partial charge is 0.411 e. The first kappa shape index (κ1) is 16.3. The Kier molecular flexibility index (Phi) is 5.00. The molecule has 1 N–H and O–H groups in total. The molecule has 20 heavy (non-hydrogen) atoms. The lowest BCUT2D eigenvalue weighted by Gasteiger charge is -2.28. The molecule has 0 spiro atoms. The second-order valence-electron chi connectivity index (χ2n) is 5.39. The zero-order valence-corrected chi connectivity index (χ0v) is 12.6. The van der Waals surface area contributed by atoms with Crippen LogP contribution in [0.5, 0.6) is 0 Å². The number of ether oxygens (including phenoxy) is 1. The van der Waals surface area contributed by atoms with Gasteiger partial charge < -0.3 is 9.84 Å². The van der Waals surface area contributed by atoms with Crippen molar-refractivity contribution in [1.29, 1.82) is 0 Å². The quantitative estimate of drug-likeness (QED) is 0.929. The molecule has 5 nitrogen and oxygen atoms in total. The van der Waals surface area contributed by atoms with Crippen LogP contribution in [0.15, 0.2) is 24.3 Å². The Morgan fingerprint density at radius 1 is 1.35 bits per heavy atom. The molecule has 0 bridgehead atoms. The molecular weight excluding hydrogens is 282 g/mol. The molecule has 110 valence electrons. The molecule has 0 saturated heterocycles. The standard InChI is InChI=1S/C14H18ClNO4/c1-14(2,3)20-13(19)16(4)11(12(17)18)9-6-5-7-10(15)8-9/h5-8,11H,1-4H3,(H,17,18). The first-order valence-electron chi connectivity index (χ1n) is 6.06. The van der Waals surface area contributed by atoms with E-state index in [0.29, 0.717) is 10.6 Å². The van der Waals surface area contributed by atoms with Crippen molar-refractivity contribution in [3.8, 4) is 0 Å². The summed E-state index contributed by atoms with van der Waals surface area (Å²) < 4.78 is 5.17. The second-order valence-corrected chi connectivity index (χ2v) is 5.82. The summed E-state index contributed by atoms with van der Waals surface area (Å²) in [6.45, 7) is 5.15. The highest BCUT2D eigenvalue weighted by Crippen LogP contribution is 2.24. The van der Waals surface area contributed by atoms with E-state index in [-0.39, 0.29) is 0 Å². The van der Waals surface area contributed by atoms with Crippen LogP contribution < -0.4 is 0 Å². The van der Waals surface area contributed by atoms with E-state index >= 15 is 0 Å². The summed E-state index contributed by atoms with van der Waals surface area (Å²) in [5, 5.41) is 9.75. The Morgan fingerprint density at radius 2 is 1.95 bits per heavy atom. The summed E-state index contributed by atoms with van der Waals surface area (Å²) in [6, 6.07) is 5.24. The Bertz CT molecular complexity index is 510. The van der Waals surface area contributed by atoms with Crippen molar-refractivity contribution in [2.45, 2.75) is 32.4 Å². The van der Waals surface area contributed by atoms with Gasteiger partial charge in [0.1, 0.15) is 5.60 Å². The molecule has 1 rings (SSSR count). The minimum Gasteiger partial charge on any atom is -0.479 e. The first-order chi connectivity index (χ1) is 9.11. The number of halogens is 1. The summed E-state index contributed by atoms with van der Waals surface area (Å²) in [5.41, 5.74) is -0.277. The van der Waals surface area contributed by atoms with Crippen LogP contribution in [0.25, 0.3) is 0 Å². The number of carboxylic acids is 1. The molecule has 1 atom stereocenters. The predicted octanol–water partition coefficient (Wildman–Crippen LogP) is 3.33. The number of likely N-dealkylation sites (N-methyl/N-ethyl adjacent to an activating group) is 1. The van der Waals surface area contributed by atoms with Gasteiger partial charge in [-0.05, 0) is 38.5 Å². The number of aliphatic carboxylic acids is 1. The van der Waals surface area contributed by atoms with Crippen LogP contribution in [0, 0.1) is 0 Å². The number of hydrogen-bond acceptors (Lipinski definition) is 3. The Morgan fingerprint density at radius 3 is 2.40 bits per heavy atom. The van der Waals surface area contributed by atoms with Crippen molar-refractivity contribution in [1.82, 2.24) is 4.90 Å². The summed E-state index contributed by atoms with van der Waals surface area (Å²) in [7, 11) is 1.38. The average molecular weight is 300 g/mol. The van der Waals surface area contributed by atoms with Crippen molar-refractivity contribution in [2.75, 3.05) is 7.05 Å². The highest BCUT2D eigenvalue weighted by atomic mass is 35.5. The van der Waals surface area contributed by atoms with Crippen LogP contribution in [-0.2, 0) is 9.53 Å². The minimum absolute atomic E-state index is 0.409. The van der Waals surface area contributed by atoms with Crippen molar-refractivity contribution < 1.29 is 19.4 Å². The van der Waals surface area contributed by atoms with Gasteiger partial charge in [-0.1, -0.05) is 23.7 Å². The van der Waals surface area contributed by atoms with Crippen molar-refractivity contribution in [3.05, 3.63) is 34.9 Å². The zero-order chi connectivity index (χ0) is 15.5. The fourth-order valence-corrected chi connectivity index (χ4v) is 1.85. The topological polar surface area (TPSA) is 66.8 Å². The van der Waals surface area contributed by atoms with Crippen LogP contribution in [0.4, 0.5) is 4.79 Å². The van der Waals surface area contributed by atoms with Crippen LogP contribution in [0.2, 0.25) is 5.02 Å². The maximum atomic E-state index is 12.0. The number of carboxylic acid groups (broad SMARTS) is 1. The predicted molar refractivity (Wildman–Crippen MR) is 75.8 cm³/mol. The normalized spacial score (nSPS) is 12.7. The van der Waals surface area contributed by atoms with Crippen molar-refractivity contribution in [3.63, 3.8) is 0 Å². The van der Waals surface area contributed by atoms with E-state index in [4.69, 9.17) is 16.3 Å².